The Labute approximate surface area is 157 Å². The number of aromatic nitrogens is 5. The zero-order chi connectivity index (χ0) is 17.5. The van der Waals surface area contributed by atoms with Crippen LogP contribution < -0.4 is 4.90 Å². The van der Waals surface area contributed by atoms with Gasteiger partial charge < -0.3 is 9.64 Å². The van der Waals surface area contributed by atoms with Gasteiger partial charge in [-0.3, -0.25) is 5.10 Å². The average Bonchev–Trinajstić information content (AvgIpc) is 3.34. The van der Waals surface area contributed by atoms with Gasteiger partial charge in [-0.05, 0) is 12.3 Å². The van der Waals surface area contributed by atoms with Crippen LogP contribution in [0.2, 0.25) is 0 Å². The Morgan fingerprint density at radius 3 is 2.92 bits per heavy atom. The minimum Gasteiger partial charge on any atom is -0.378 e. The lowest BCUT2D eigenvalue weighted by Crippen LogP contribution is -2.36. The van der Waals surface area contributed by atoms with E-state index in [0.29, 0.717) is 19.0 Å². The Morgan fingerprint density at radius 2 is 2.08 bits per heavy atom. The topological polar surface area (TPSA) is 79.8 Å². The van der Waals surface area contributed by atoms with Gasteiger partial charge in [-0.25, -0.2) is 15.0 Å². The Bertz CT molecular complexity index is 1090. The van der Waals surface area contributed by atoms with Crippen molar-refractivity contribution >= 4 is 50.2 Å². The number of ether oxygens (including phenoxy) is 1. The minimum absolute atomic E-state index is 0.684. The van der Waals surface area contributed by atoms with Crippen molar-refractivity contribution in [3.8, 4) is 11.4 Å². The Kier molecular flexibility index (Phi) is 3.99. The zero-order valence-electron chi connectivity index (χ0n) is 14.1. The van der Waals surface area contributed by atoms with Crippen LogP contribution in [0, 0.1) is 0 Å². The molecule has 9 heteroatoms. The number of anilines is 1. The van der Waals surface area contributed by atoms with Crippen molar-refractivity contribution in [2.24, 2.45) is 0 Å². The van der Waals surface area contributed by atoms with E-state index in [2.05, 4.69) is 20.1 Å². The molecule has 26 heavy (non-hydrogen) atoms. The van der Waals surface area contributed by atoms with Gasteiger partial charge in [-0.1, -0.05) is 23.9 Å². The summed E-state index contributed by atoms with van der Waals surface area (Å²) in [5.41, 5.74) is 2.69. The van der Waals surface area contributed by atoms with Gasteiger partial charge in [0, 0.05) is 24.0 Å². The molecule has 3 aromatic heterocycles. The second-order valence-corrected chi connectivity index (χ2v) is 8.00. The van der Waals surface area contributed by atoms with Gasteiger partial charge in [0.1, 0.15) is 4.70 Å². The van der Waals surface area contributed by atoms with Crippen molar-refractivity contribution in [3.63, 3.8) is 0 Å². The highest BCUT2D eigenvalue weighted by molar-refractivity contribution is 8.00. The van der Waals surface area contributed by atoms with Crippen LogP contribution in [0.4, 0.5) is 5.82 Å². The molecule has 0 saturated carbocycles. The van der Waals surface area contributed by atoms with E-state index >= 15 is 0 Å². The van der Waals surface area contributed by atoms with Crippen molar-refractivity contribution in [2.45, 2.75) is 4.34 Å². The summed E-state index contributed by atoms with van der Waals surface area (Å²) in [6.07, 6.45) is 3.85. The van der Waals surface area contributed by atoms with Crippen molar-refractivity contribution < 1.29 is 4.74 Å². The number of benzene rings is 1. The van der Waals surface area contributed by atoms with Gasteiger partial charge in [-0.2, -0.15) is 5.10 Å². The summed E-state index contributed by atoms with van der Waals surface area (Å²) in [5.74, 6) is 1.63. The molecule has 0 atom stereocenters. The van der Waals surface area contributed by atoms with Crippen LogP contribution >= 0.6 is 23.1 Å². The number of thioether (sulfide) groups is 1. The average molecular weight is 384 g/mol. The monoisotopic (exact) mass is 384 g/mol. The molecule has 132 valence electrons. The fraction of sp³-hybridized carbons (Fsp3) is 0.294. The first-order valence-corrected chi connectivity index (χ1v) is 10.4. The largest absolute Gasteiger partial charge is 0.378 e. The number of aromatic amines is 1. The molecule has 0 aliphatic carbocycles. The van der Waals surface area contributed by atoms with Gasteiger partial charge in [0.05, 0.1) is 24.9 Å². The van der Waals surface area contributed by atoms with E-state index < -0.39 is 0 Å². The Hall–Kier alpha value is -2.23. The highest BCUT2D eigenvalue weighted by Crippen LogP contribution is 2.36. The Morgan fingerprint density at radius 1 is 1.19 bits per heavy atom. The van der Waals surface area contributed by atoms with Gasteiger partial charge >= 0.3 is 0 Å². The standard InChI is InChI=1S/C17H16N6OS2/c1-25-17-21-15-13(26-17)16(23-5-7-24-8-6-23)20-14(19-15)10-3-2-4-12-11(10)9-18-22-12/h2-4,9H,5-8H2,1H3,(H,18,22). The van der Waals surface area contributed by atoms with Crippen LogP contribution in [0.5, 0.6) is 0 Å². The molecule has 7 nitrogen and oxygen atoms in total. The molecule has 4 heterocycles. The molecule has 5 rings (SSSR count). The first-order chi connectivity index (χ1) is 12.8. The van der Waals surface area contributed by atoms with Crippen LogP contribution in [0.1, 0.15) is 0 Å². The molecule has 0 spiro atoms. The number of nitrogens with one attached hydrogen (secondary N) is 1. The molecule has 0 radical (unpaired) electrons. The molecule has 4 aromatic rings. The van der Waals surface area contributed by atoms with Crippen LogP contribution in [-0.2, 0) is 4.74 Å². The lowest BCUT2D eigenvalue weighted by molar-refractivity contribution is 0.122. The van der Waals surface area contributed by atoms with Crippen molar-refractivity contribution in [1.82, 2.24) is 25.1 Å². The molecule has 1 aliphatic rings. The number of hydrogen-bond acceptors (Lipinski definition) is 8. The molecular weight excluding hydrogens is 368 g/mol. The number of thiazole rings is 1. The SMILES string of the molecule is CSc1nc2nc(-c3cccc4[nH]ncc34)nc(N3CCOCC3)c2s1. The second kappa shape index (κ2) is 6.49. The normalized spacial score (nSPS) is 15.2. The molecule has 0 unspecified atom stereocenters. The number of rotatable bonds is 3. The first kappa shape index (κ1) is 16.0. The second-order valence-electron chi connectivity index (χ2n) is 5.94. The summed E-state index contributed by atoms with van der Waals surface area (Å²) < 4.78 is 7.55. The van der Waals surface area contributed by atoms with Gasteiger partial charge in [0.25, 0.3) is 0 Å². The number of fused-ring (bicyclic) bond motifs is 2. The maximum atomic E-state index is 5.51. The van der Waals surface area contributed by atoms with E-state index in [1.807, 2.05) is 30.7 Å². The molecular formula is C17H16N6OS2. The molecule has 1 aromatic carbocycles. The smallest absolute Gasteiger partial charge is 0.177 e. The third-order valence-corrected chi connectivity index (χ3v) is 6.45. The van der Waals surface area contributed by atoms with E-state index in [-0.39, 0.29) is 0 Å². The van der Waals surface area contributed by atoms with E-state index in [1.165, 1.54) is 0 Å². The van der Waals surface area contributed by atoms with E-state index in [4.69, 9.17) is 14.7 Å². The Balaban J connectivity index is 1.74. The fourth-order valence-corrected chi connectivity index (χ4v) is 4.67. The van der Waals surface area contributed by atoms with Gasteiger partial charge in [-0.15, -0.1) is 11.3 Å². The molecule has 1 fully saturated rings. The van der Waals surface area contributed by atoms with Crippen molar-refractivity contribution in [2.75, 3.05) is 37.5 Å². The molecule has 0 bridgehead atoms. The maximum Gasteiger partial charge on any atom is 0.177 e. The van der Waals surface area contributed by atoms with Crippen molar-refractivity contribution in [3.05, 3.63) is 24.4 Å². The summed E-state index contributed by atoms with van der Waals surface area (Å²) in [7, 11) is 0. The summed E-state index contributed by atoms with van der Waals surface area (Å²) in [6.45, 7) is 3.08. The van der Waals surface area contributed by atoms with Gasteiger partial charge in [0.2, 0.25) is 0 Å². The minimum atomic E-state index is 0.684. The molecule has 1 aliphatic heterocycles. The third kappa shape index (κ3) is 2.63. The maximum absolute atomic E-state index is 5.51. The van der Waals surface area contributed by atoms with Crippen LogP contribution in [0.15, 0.2) is 28.7 Å². The van der Waals surface area contributed by atoms with Crippen LogP contribution in [0.3, 0.4) is 0 Å². The highest BCUT2D eigenvalue weighted by Gasteiger charge is 2.21. The summed E-state index contributed by atoms with van der Waals surface area (Å²) in [5, 5.41) is 8.18. The summed E-state index contributed by atoms with van der Waals surface area (Å²) >= 11 is 3.29. The number of H-pyrrole nitrogens is 1. The molecule has 0 amide bonds. The lowest BCUT2D eigenvalue weighted by Gasteiger charge is -2.28. The predicted octanol–water partition coefficient (Wildman–Crippen LogP) is 3.19. The molecule has 1 saturated heterocycles. The zero-order valence-corrected chi connectivity index (χ0v) is 15.7. The van der Waals surface area contributed by atoms with Crippen LogP contribution in [0.25, 0.3) is 32.6 Å². The summed E-state index contributed by atoms with van der Waals surface area (Å²) in [6, 6.07) is 6.03. The van der Waals surface area contributed by atoms with E-state index in [0.717, 1.165) is 50.1 Å². The van der Waals surface area contributed by atoms with Crippen LogP contribution in [-0.4, -0.2) is 57.7 Å². The predicted molar refractivity (Wildman–Crippen MR) is 105 cm³/mol. The molecule has 1 N–H and O–H groups in total. The quantitative estimate of drug-likeness (QED) is 0.543. The van der Waals surface area contributed by atoms with Gasteiger partial charge in [0.15, 0.2) is 21.6 Å². The highest BCUT2D eigenvalue weighted by atomic mass is 32.2. The lowest BCUT2D eigenvalue weighted by atomic mass is 10.1. The summed E-state index contributed by atoms with van der Waals surface area (Å²) in [4.78, 5) is 16.7. The number of morpholine rings is 1. The third-order valence-electron chi connectivity index (χ3n) is 4.43. The number of hydrogen-bond donors (Lipinski definition) is 1. The van der Waals surface area contributed by atoms with E-state index in [9.17, 15) is 0 Å². The number of nitrogens with zero attached hydrogens (tertiary/aromatic N) is 5. The van der Waals surface area contributed by atoms with E-state index in [1.54, 1.807) is 23.1 Å². The van der Waals surface area contributed by atoms with Crippen molar-refractivity contribution in [1.29, 1.82) is 0 Å². The fourth-order valence-electron chi connectivity index (χ4n) is 3.15. The first-order valence-electron chi connectivity index (χ1n) is 8.31.